The Morgan fingerprint density at radius 3 is 2.24 bits per heavy atom. The van der Waals surface area contributed by atoms with Crippen LogP contribution >= 0.6 is 0 Å². The van der Waals surface area contributed by atoms with Crippen molar-refractivity contribution in [1.82, 2.24) is 5.16 Å². The number of aliphatic hydroxyl groups is 1. The maximum Gasteiger partial charge on any atom is 0.301 e. The number of rotatable bonds is 6. The molecule has 1 atom stereocenters. The molecule has 1 N–H and O–H groups in total. The minimum atomic E-state index is -0.896. The first kappa shape index (κ1) is 22.1. The summed E-state index contributed by atoms with van der Waals surface area (Å²) in [6, 6.07) is 14.3. The number of hydrogen-bond acceptors (Lipinski definition) is 7. The summed E-state index contributed by atoms with van der Waals surface area (Å²) in [5, 5.41) is 15.1. The van der Waals surface area contributed by atoms with Crippen LogP contribution < -0.4 is 14.4 Å². The summed E-state index contributed by atoms with van der Waals surface area (Å²) in [6.45, 7) is 5.52. The molecule has 0 bridgehead atoms. The highest BCUT2D eigenvalue weighted by atomic mass is 16.5. The predicted molar refractivity (Wildman–Crippen MR) is 121 cm³/mol. The summed E-state index contributed by atoms with van der Waals surface area (Å²) in [5.74, 6) is 0.0339. The molecule has 1 aliphatic rings. The van der Waals surface area contributed by atoms with E-state index in [9.17, 15) is 14.7 Å². The molecule has 2 aromatic carbocycles. The Balaban J connectivity index is 1.84. The van der Waals surface area contributed by atoms with E-state index in [0.717, 1.165) is 0 Å². The van der Waals surface area contributed by atoms with Gasteiger partial charge in [0.2, 0.25) is 0 Å². The van der Waals surface area contributed by atoms with E-state index in [1.54, 1.807) is 68.6 Å². The second-order valence-corrected chi connectivity index (χ2v) is 7.93. The number of Topliss-reactive ketones (excluding diaryl/α,β-unsaturated/α-hetero) is 1. The zero-order chi connectivity index (χ0) is 23.7. The van der Waals surface area contributed by atoms with Gasteiger partial charge in [0.25, 0.3) is 5.78 Å². The van der Waals surface area contributed by atoms with E-state index in [1.165, 1.54) is 4.90 Å². The van der Waals surface area contributed by atoms with Gasteiger partial charge in [0.15, 0.2) is 5.82 Å². The molecular formula is C25H24N2O6. The quantitative estimate of drug-likeness (QED) is 0.339. The van der Waals surface area contributed by atoms with Crippen molar-refractivity contribution in [3.63, 3.8) is 0 Å². The highest BCUT2D eigenvalue weighted by Gasteiger charge is 2.48. The third-order valence-electron chi connectivity index (χ3n) is 5.24. The van der Waals surface area contributed by atoms with Crippen molar-refractivity contribution in [3.8, 4) is 11.5 Å². The van der Waals surface area contributed by atoms with Crippen molar-refractivity contribution in [2.24, 2.45) is 0 Å². The molecule has 1 fully saturated rings. The van der Waals surface area contributed by atoms with Gasteiger partial charge in [-0.1, -0.05) is 17.3 Å². The molecule has 0 saturated carbocycles. The van der Waals surface area contributed by atoms with Gasteiger partial charge in [-0.2, -0.15) is 0 Å². The van der Waals surface area contributed by atoms with Crippen LogP contribution in [0, 0.1) is 6.92 Å². The van der Waals surface area contributed by atoms with Gasteiger partial charge in [-0.3, -0.25) is 14.5 Å². The van der Waals surface area contributed by atoms with Crippen molar-refractivity contribution in [1.29, 1.82) is 0 Å². The molecule has 0 aliphatic carbocycles. The number of nitrogens with zero attached hydrogens (tertiary/aromatic N) is 2. The van der Waals surface area contributed by atoms with Crippen molar-refractivity contribution in [2.45, 2.75) is 32.9 Å². The summed E-state index contributed by atoms with van der Waals surface area (Å²) in [5.41, 5.74) is 0.958. The lowest BCUT2D eigenvalue weighted by molar-refractivity contribution is -0.132. The number of aryl methyl sites for hydroxylation is 1. The number of ketones is 1. The summed E-state index contributed by atoms with van der Waals surface area (Å²) >= 11 is 0. The van der Waals surface area contributed by atoms with Crippen molar-refractivity contribution in [3.05, 3.63) is 77.1 Å². The van der Waals surface area contributed by atoms with Crippen LogP contribution in [-0.4, -0.2) is 35.2 Å². The van der Waals surface area contributed by atoms with Crippen LogP contribution in [0.5, 0.6) is 11.5 Å². The molecule has 1 amide bonds. The third-order valence-corrected chi connectivity index (χ3v) is 5.24. The number of ether oxygens (including phenoxy) is 2. The second-order valence-electron chi connectivity index (χ2n) is 7.93. The van der Waals surface area contributed by atoms with Crippen molar-refractivity contribution >= 4 is 23.3 Å². The molecule has 1 saturated heterocycles. The molecule has 0 unspecified atom stereocenters. The lowest BCUT2D eigenvalue weighted by Gasteiger charge is -2.23. The number of benzene rings is 2. The van der Waals surface area contributed by atoms with Crippen molar-refractivity contribution < 1.29 is 28.7 Å². The summed E-state index contributed by atoms with van der Waals surface area (Å²) in [4.78, 5) is 27.4. The van der Waals surface area contributed by atoms with Gasteiger partial charge < -0.3 is 19.1 Å². The monoisotopic (exact) mass is 448 g/mol. The highest BCUT2D eigenvalue weighted by molar-refractivity contribution is 6.51. The Kier molecular flexibility index (Phi) is 5.91. The average Bonchev–Trinajstić information content (AvgIpc) is 3.34. The molecule has 1 aromatic heterocycles. The van der Waals surface area contributed by atoms with Gasteiger partial charge in [0.1, 0.15) is 23.0 Å². The first-order chi connectivity index (χ1) is 15.8. The largest absolute Gasteiger partial charge is 0.507 e. The molecule has 0 spiro atoms. The molecule has 8 nitrogen and oxygen atoms in total. The lowest BCUT2D eigenvalue weighted by atomic mass is 9.95. The molecule has 4 rings (SSSR count). The molecule has 170 valence electrons. The number of hydrogen-bond donors (Lipinski definition) is 1. The van der Waals surface area contributed by atoms with E-state index in [2.05, 4.69) is 5.16 Å². The van der Waals surface area contributed by atoms with E-state index >= 15 is 0 Å². The molecule has 8 heteroatoms. The zero-order valence-corrected chi connectivity index (χ0v) is 18.7. The number of anilines is 1. The maximum absolute atomic E-state index is 13.1. The van der Waals surface area contributed by atoms with Crippen LogP contribution in [-0.2, 0) is 9.59 Å². The summed E-state index contributed by atoms with van der Waals surface area (Å²) in [7, 11) is 1.55. The van der Waals surface area contributed by atoms with Crippen LogP contribution in [0.1, 0.15) is 36.8 Å². The van der Waals surface area contributed by atoms with E-state index in [4.69, 9.17) is 14.0 Å². The zero-order valence-electron chi connectivity index (χ0n) is 18.7. The van der Waals surface area contributed by atoms with E-state index < -0.39 is 17.7 Å². The van der Waals surface area contributed by atoms with E-state index in [0.29, 0.717) is 28.4 Å². The fourth-order valence-electron chi connectivity index (χ4n) is 3.76. The molecular weight excluding hydrogens is 424 g/mol. The van der Waals surface area contributed by atoms with Crippen LogP contribution in [0.2, 0.25) is 0 Å². The van der Waals surface area contributed by atoms with Crippen LogP contribution in [0.15, 0.2) is 64.7 Å². The van der Waals surface area contributed by atoms with Gasteiger partial charge in [-0.15, -0.1) is 0 Å². The topological polar surface area (TPSA) is 102 Å². The Bertz CT molecular complexity index is 1210. The predicted octanol–water partition coefficient (Wildman–Crippen LogP) is 4.41. The van der Waals surface area contributed by atoms with Crippen molar-refractivity contribution in [2.75, 3.05) is 12.0 Å². The van der Waals surface area contributed by atoms with Crippen LogP contribution in [0.25, 0.3) is 5.76 Å². The number of amides is 1. The van der Waals surface area contributed by atoms with Gasteiger partial charge in [0, 0.05) is 11.6 Å². The Morgan fingerprint density at radius 2 is 1.70 bits per heavy atom. The van der Waals surface area contributed by atoms with Crippen LogP contribution in [0.4, 0.5) is 5.82 Å². The summed E-state index contributed by atoms with van der Waals surface area (Å²) < 4.78 is 16.0. The molecule has 33 heavy (non-hydrogen) atoms. The number of methoxy groups -OCH3 is 1. The minimum absolute atomic E-state index is 0.00393. The average molecular weight is 448 g/mol. The number of carbonyl (C=O) groups is 2. The van der Waals surface area contributed by atoms with Gasteiger partial charge >= 0.3 is 5.91 Å². The fourth-order valence-corrected chi connectivity index (χ4v) is 3.76. The molecule has 3 aromatic rings. The highest BCUT2D eigenvalue weighted by Crippen LogP contribution is 2.42. The Labute approximate surface area is 191 Å². The summed E-state index contributed by atoms with van der Waals surface area (Å²) in [6.07, 6.45) is -0.00393. The Morgan fingerprint density at radius 1 is 1.06 bits per heavy atom. The normalized spacial score (nSPS) is 17.6. The lowest BCUT2D eigenvalue weighted by Crippen LogP contribution is -2.29. The SMILES string of the molecule is COc1ccc([C@@H]2C(=C(O)c3ccc(OC(C)C)cc3)C(=O)C(=O)N2c2cc(C)on2)cc1. The van der Waals surface area contributed by atoms with E-state index in [-0.39, 0.29) is 23.3 Å². The first-order valence-electron chi connectivity index (χ1n) is 10.5. The fraction of sp³-hybridized carbons (Fsp3) is 0.240. The number of aromatic nitrogens is 1. The second kappa shape index (κ2) is 8.82. The Hall–Kier alpha value is -4.07. The van der Waals surface area contributed by atoms with Crippen LogP contribution in [0.3, 0.4) is 0 Å². The smallest absolute Gasteiger partial charge is 0.301 e. The van der Waals surface area contributed by atoms with Gasteiger partial charge in [0.05, 0.1) is 24.8 Å². The van der Waals surface area contributed by atoms with E-state index in [1.807, 2.05) is 13.8 Å². The molecule has 2 heterocycles. The third kappa shape index (κ3) is 4.19. The number of aliphatic hydroxyl groups excluding tert-OH is 1. The minimum Gasteiger partial charge on any atom is -0.507 e. The molecule has 0 radical (unpaired) electrons. The van der Waals surface area contributed by atoms with Gasteiger partial charge in [-0.25, -0.2) is 0 Å². The van der Waals surface area contributed by atoms with Gasteiger partial charge in [-0.05, 0) is 62.7 Å². The first-order valence-corrected chi connectivity index (χ1v) is 10.5. The molecule has 1 aliphatic heterocycles. The number of carbonyl (C=O) groups excluding carboxylic acids is 2. The maximum atomic E-state index is 13.1. The standard InChI is InChI=1S/C25H24N2O6/c1-14(2)32-19-11-7-17(8-12-19)23(28)21-22(16-5-9-18(31-4)10-6-16)27(25(30)24(21)29)20-13-15(3)33-26-20/h5-14,22,28H,1-4H3/t22-/m1/s1.